The fraction of sp³-hybridized carbons (Fsp3) is 0.600. The first-order valence-corrected chi connectivity index (χ1v) is 3.95. The van der Waals surface area contributed by atoms with E-state index in [2.05, 4.69) is 4.99 Å². The summed E-state index contributed by atoms with van der Waals surface area (Å²) in [5.41, 5.74) is 0. The van der Waals surface area contributed by atoms with Gasteiger partial charge < -0.3 is 4.74 Å². The van der Waals surface area contributed by atoms with Gasteiger partial charge in [-0.3, -0.25) is 4.79 Å². The maximum atomic E-state index is 10.6. The zero-order valence-electron chi connectivity index (χ0n) is 5.03. The lowest BCUT2D eigenvalue weighted by Crippen LogP contribution is -2.18. The molecule has 1 rings (SSSR count). The van der Waals surface area contributed by atoms with Gasteiger partial charge in [-0.05, 0) is 6.26 Å². The van der Waals surface area contributed by atoms with Crippen LogP contribution in [0.4, 0.5) is 0 Å². The number of carbonyl (C=O) groups is 1. The molecule has 1 aliphatic rings. The van der Waals surface area contributed by atoms with Gasteiger partial charge in [-0.1, -0.05) is 0 Å². The SMILES string of the molecule is CSCC1OC=NC1=O. The summed E-state index contributed by atoms with van der Waals surface area (Å²) in [6.07, 6.45) is 2.82. The summed E-state index contributed by atoms with van der Waals surface area (Å²) >= 11 is 1.58. The largest absolute Gasteiger partial charge is 0.469 e. The van der Waals surface area contributed by atoms with E-state index >= 15 is 0 Å². The number of amides is 1. The van der Waals surface area contributed by atoms with Crippen molar-refractivity contribution in [2.45, 2.75) is 6.10 Å². The predicted molar refractivity (Wildman–Crippen MR) is 36.8 cm³/mol. The van der Waals surface area contributed by atoms with Crippen molar-refractivity contribution in [3.05, 3.63) is 0 Å². The topological polar surface area (TPSA) is 38.7 Å². The van der Waals surface area contributed by atoms with Crippen LogP contribution in [0, 0.1) is 0 Å². The summed E-state index contributed by atoms with van der Waals surface area (Å²) in [6, 6.07) is 0. The summed E-state index contributed by atoms with van der Waals surface area (Å²) in [7, 11) is 0. The molecule has 1 heterocycles. The highest BCUT2D eigenvalue weighted by Gasteiger charge is 2.21. The monoisotopic (exact) mass is 145 g/mol. The normalized spacial score (nSPS) is 24.6. The molecular weight excluding hydrogens is 138 g/mol. The third-order valence-corrected chi connectivity index (χ3v) is 1.63. The van der Waals surface area contributed by atoms with E-state index in [4.69, 9.17) is 4.74 Å². The van der Waals surface area contributed by atoms with Crippen LogP contribution in [0.5, 0.6) is 0 Å². The Labute approximate surface area is 57.5 Å². The molecule has 1 atom stereocenters. The standard InChI is InChI=1S/C5H7NO2S/c1-9-2-4-5(7)6-3-8-4/h3-4H,2H2,1H3. The van der Waals surface area contributed by atoms with Gasteiger partial charge in [0.05, 0.1) is 0 Å². The van der Waals surface area contributed by atoms with E-state index < -0.39 is 0 Å². The Morgan fingerprint density at radius 3 is 3.22 bits per heavy atom. The highest BCUT2D eigenvalue weighted by molar-refractivity contribution is 7.98. The molecule has 0 aliphatic carbocycles. The van der Waals surface area contributed by atoms with Gasteiger partial charge in [0.2, 0.25) is 0 Å². The number of rotatable bonds is 2. The van der Waals surface area contributed by atoms with Crippen molar-refractivity contribution < 1.29 is 9.53 Å². The molecule has 0 aromatic rings. The number of carbonyl (C=O) groups excluding carboxylic acids is 1. The summed E-state index contributed by atoms with van der Waals surface area (Å²) in [5.74, 6) is 0.531. The third-order valence-electron chi connectivity index (χ3n) is 0.999. The second-order valence-corrected chi connectivity index (χ2v) is 2.56. The molecule has 0 saturated heterocycles. The van der Waals surface area contributed by atoms with E-state index in [0.717, 1.165) is 0 Å². The molecule has 1 amide bonds. The van der Waals surface area contributed by atoms with Crippen LogP contribution >= 0.6 is 11.8 Å². The second-order valence-electron chi connectivity index (χ2n) is 1.65. The highest BCUT2D eigenvalue weighted by atomic mass is 32.2. The van der Waals surface area contributed by atoms with Crippen molar-refractivity contribution in [2.24, 2.45) is 4.99 Å². The van der Waals surface area contributed by atoms with Crippen molar-refractivity contribution in [3.63, 3.8) is 0 Å². The molecule has 0 aromatic heterocycles. The van der Waals surface area contributed by atoms with Gasteiger partial charge in [0.1, 0.15) is 0 Å². The Bertz CT molecular complexity index is 146. The molecule has 50 valence electrons. The molecule has 0 bridgehead atoms. The number of thioether (sulfide) groups is 1. The number of hydrogen-bond acceptors (Lipinski definition) is 3. The van der Waals surface area contributed by atoms with Gasteiger partial charge in [0.15, 0.2) is 12.5 Å². The first kappa shape index (κ1) is 6.61. The maximum absolute atomic E-state index is 10.6. The minimum absolute atomic E-state index is 0.163. The van der Waals surface area contributed by atoms with Crippen LogP contribution in [0.2, 0.25) is 0 Å². The predicted octanol–water partition coefficient (Wildman–Crippen LogP) is 0.303. The van der Waals surface area contributed by atoms with Crippen LogP contribution in [0.1, 0.15) is 0 Å². The number of aliphatic imine (C=N–C) groups is 1. The van der Waals surface area contributed by atoms with Gasteiger partial charge in [-0.15, -0.1) is 0 Å². The van der Waals surface area contributed by atoms with Gasteiger partial charge in [0.25, 0.3) is 5.91 Å². The molecule has 0 saturated carbocycles. The van der Waals surface area contributed by atoms with Crippen LogP contribution < -0.4 is 0 Å². The van der Waals surface area contributed by atoms with Crippen LogP contribution in [0.3, 0.4) is 0 Å². The van der Waals surface area contributed by atoms with E-state index in [0.29, 0.717) is 5.75 Å². The van der Waals surface area contributed by atoms with E-state index in [1.807, 2.05) is 6.26 Å². The van der Waals surface area contributed by atoms with E-state index in [9.17, 15) is 4.79 Å². The van der Waals surface area contributed by atoms with Gasteiger partial charge in [-0.25, -0.2) is 0 Å². The summed E-state index contributed by atoms with van der Waals surface area (Å²) in [4.78, 5) is 14.1. The Morgan fingerprint density at radius 1 is 2.00 bits per heavy atom. The summed E-state index contributed by atoms with van der Waals surface area (Å²) < 4.78 is 4.84. The molecule has 0 N–H and O–H groups in total. The van der Waals surface area contributed by atoms with Crippen molar-refractivity contribution in [2.75, 3.05) is 12.0 Å². The van der Waals surface area contributed by atoms with Gasteiger partial charge in [0, 0.05) is 5.75 Å². The summed E-state index contributed by atoms with van der Waals surface area (Å²) in [6.45, 7) is 0. The van der Waals surface area contributed by atoms with Crippen molar-refractivity contribution in [3.8, 4) is 0 Å². The molecule has 0 spiro atoms. The molecule has 0 radical (unpaired) electrons. The fourth-order valence-electron chi connectivity index (χ4n) is 0.559. The van der Waals surface area contributed by atoms with Crippen LogP contribution in [-0.2, 0) is 9.53 Å². The van der Waals surface area contributed by atoms with Gasteiger partial charge >= 0.3 is 0 Å². The Kier molecular flexibility index (Phi) is 2.10. The lowest BCUT2D eigenvalue weighted by molar-refractivity contribution is -0.121. The third kappa shape index (κ3) is 1.45. The molecule has 0 fully saturated rings. The number of nitrogens with zero attached hydrogens (tertiary/aromatic N) is 1. The van der Waals surface area contributed by atoms with Crippen molar-refractivity contribution in [1.82, 2.24) is 0 Å². The Hall–Kier alpha value is -0.510. The molecule has 0 aromatic carbocycles. The first-order valence-electron chi connectivity index (χ1n) is 2.55. The average molecular weight is 145 g/mol. The van der Waals surface area contributed by atoms with Crippen LogP contribution in [0.25, 0.3) is 0 Å². The Balaban J connectivity index is 2.37. The molecule has 1 unspecified atom stereocenters. The smallest absolute Gasteiger partial charge is 0.290 e. The van der Waals surface area contributed by atoms with E-state index in [-0.39, 0.29) is 12.0 Å². The highest BCUT2D eigenvalue weighted by Crippen LogP contribution is 2.06. The van der Waals surface area contributed by atoms with Crippen LogP contribution in [-0.4, -0.2) is 30.4 Å². The quantitative estimate of drug-likeness (QED) is 0.561. The minimum Gasteiger partial charge on any atom is -0.469 e. The molecule has 3 nitrogen and oxygen atoms in total. The zero-order chi connectivity index (χ0) is 6.69. The zero-order valence-corrected chi connectivity index (χ0v) is 5.85. The maximum Gasteiger partial charge on any atom is 0.290 e. The molecular formula is C5H7NO2S. The van der Waals surface area contributed by atoms with Crippen LogP contribution in [0.15, 0.2) is 4.99 Å². The molecule has 4 heteroatoms. The van der Waals surface area contributed by atoms with Crippen molar-refractivity contribution in [1.29, 1.82) is 0 Å². The second kappa shape index (κ2) is 2.87. The van der Waals surface area contributed by atoms with E-state index in [1.54, 1.807) is 11.8 Å². The molecule has 9 heavy (non-hydrogen) atoms. The Morgan fingerprint density at radius 2 is 2.78 bits per heavy atom. The lowest BCUT2D eigenvalue weighted by atomic mass is 10.4. The molecule has 1 aliphatic heterocycles. The fourth-order valence-corrected chi connectivity index (χ4v) is 1.08. The summed E-state index contributed by atoms with van der Waals surface area (Å²) in [5, 5.41) is 0. The van der Waals surface area contributed by atoms with Gasteiger partial charge in [-0.2, -0.15) is 16.8 Å². The first-order chi connectivity index (χ1) is 4.34. The van der Waals surface area contributed by atoms with Crippen molar-refractivity contribution >= 4 is 24.1 Å². The number of hydrogen-bond donors (Lipinski definition) is 0. The average Bonchev–Trinajstić information content (AvgIpc) is 2.18. The lowest BCUT2D eigenvalue weighted by Gasteiger charge is -2.02. The minimum atomic E-state index is -0.319. The number of ether oxygens (including phenoxy) is 1. The van der Waals surface area contributed by atoms with E-state index in [1.165, 1.54) is 6.40 Å².